The van der Waals surface area contributed by atoms with E-state index < -0.39 is 5.69 Å². The highest BCUT2D eigenvalue weighted by Crippen LogP contribution is 2.60. The topological polar surface area (TPSA) is 53.5 Å². The maximum absolute atomic E-state index is 5.37. The fraction of sp³-hybridized carbons (Fsp3) is 0.600. The Balaban J connectivity index is 2.75. The predicted molar refractivity (Wildman–Crippen MR) is 77.5 cm³/mol. The third kappa shape index (κ3) is 4.82. The summed E-state index contributed by atoms with van der Waals surface area (Å²) in [6, 6.07) is 1.81. The summed E-state index contributed by atoms with van der Waals surface area (Å²) in [6.07, 6.45) is 0. The van der Waals surface area contributed by atoms with Gasteiger partial charge >= 0.3 is 0 Å². The van der Waals surface area contributed by atoms with E-state index in [4.69, 9.17) is 25.6 Å². The lowest BCUT2D eigenvalue weighted by Crippen LogP contribution is -2.01. The van der Waals surface area contributed by atoms with E-state index in [0.29, 0.717) is 24.1 Å². The van der Waals surface area contributed by atoms with Crippen molar-refractivity contribution in [3.05, 3.63) is 17.6 Å². The molecule has 102 valence electrons. The van der Waals surface area contributed by atoms with Gasteiger partial charge in [0, 0.05) is 26.0 Å². The quantitative estimate of drug-likeness (QED) is 0.718. The van der Waals surface area contributed by atoms with Gasteiger partial charge in [0.1, 0.15) is 5.82 Å². The number of hydrogen-bond acceptors (Lipinski definition) is 7. The minimum Gasteiger partial charge on any atom is -0.478 e. The van der Waals surface area contributed by atoms with Gasteiger partial charge in [0.2, 0.25) is 11.6 Å². The van der Waals surface area contributed by atoms with Crippen LogP contribution >= 0.6 is 17.1 Å². The van der Waals surface area contributed by atoms with Crippen molar-refractivity contribution in [1.82, 2.24) is 9.97 Å². The summed E-state index contributed by atoms with van der Waals surface area (Å²) in [6.45, 7) is 4.40. The monoisotopic (exact) mass is 308 g/mol. The van der Waals surface area contributed by atoms with Crippen molar-refractivity contribution in [1.29, 1.82) is 0 Å². The summed E-state index contributed by atoms with van der Waals surface area (Å²) in [4.78, 5) is 8.64. The average molecular weight is 308 g/mol. The molecule has 18 heavy (non-hydrogen) atoms. The summed E-state index contributed by atoms with van der Waals surface area (Å²) in [7, 11) is 3.11. The summed E-state index contributed by atoms with van der Waals surface area (Å²) < 4.78 is 15.8. The predicted octanol–water partition coefficient (Wildman–Crippen LogP) is 2.93. The fourth-order valence-electron chi connectivity index (χ4n) is 1.20. The van der Waals surface area contributed by atoms with Gasteiger partial charge in [-0.3, -0.25) is 0 Å². The Labute approximate surface area is 117 Å². The number of aryl methyl sites for hydroxylation is 1. The van der Waals surface area contributed by atoms with Crippen molar-refractivity contribution in [3.63, 3.8) is 0 Å². The molecular weight excluding hydrogens is 291 g/mol. The van der Waals surface area contributed by atoms with E-state index >= 15 is 0 Å². The van der Waals surface area contributed by atoms with Gasteiger partial charge in [-0.05, 0) is 25.7 Å². The minimum atomic E-state index is -2.26. The summed E-state index contributed by atoms with van der Waals surface area (Å²) in [5.74, 6) is 1.80. The van der Waals surface area contributed by atoms with Gasteiger partial charge in [0.25, 0.3) is 0 Å². The molecule has 0 saturated carbocycles. The van der Waals surface area contributed by atoms with Gasteiger partial charge in [-0.15, -0.1) is 0 Å². The number of aromatic nitrogens is 2. The van der Waals surface area contributed by atoms with Gasteiger partial charge < -0.3 is 13.8 Å². The van der Waals surface area contributed by atoms with E-state index in [1.54, 1.807) is 20.3 Å². The highest BCUT2D eigenvalue weighted by molar-refractivity contribution is 8.67. The lowest BCUT2D eigenvalue weighted by molar-refractivity contribution is 0.325. The molecule has 0 aliphatic heterocycles. The van der Waals surface area contributed by atoms with Gasteiger partial charge in [0.05, 0.1) is 12.4 Å². The molecule has 0 bridgehead atoms. The fourth-order valence-corrected chi connectivity index (χ4v) is 3.89. The Bertz CT molecular complexity index is 437. The van der Waals surface area contributed by atoms with Crippen LogP contribution in [0.5, 0.6) is 5.88 Å². The first-order chi connectivity index (χ1) is 8.53. The molecule has 0 N–H and O–H groups in total. The van der Waals surface area contributed by atoms with Gasteiger partial charge in [-0.2, -0.15) is 4.98 Å². The molecule has 1 rings (SSSR count). The van der Waals surface area contributed by atoms with E-state index in [1.165, 1.54) is 11.4 Å². The first-order valence-corrected chi connectivity index (χ1v) is 9.59. The lowest BCUT2D eigenvalue weighted by atomic mass is 10.4. The second kappa shape index (κ2) is 7.40. The van der Waals surface area contributed by atoms with E-state index in [2.05, 4.69) is 9.97 Å². The highest BCUT2D eigenvalue weighted by Gasteiger charge is 2.17. The average Bonchev–Trinajstić information content (AvgIpc) is 2.36. The van der Waals surface area contributed by atoms with Crippen LogP contribution in [0.25, 0.3) is 0 Å². The molecule has 1 aromatic rings. The second-order valence-electron chi connectivity index (χ2n) is 3.28. The molecule has 8 heteroatoms. The number of ether oxygens (including phenoxy) is 1. The zero-order valence-electron chi connectivity index (χ0n) is 10.9. The molecule has 0 aliphatic rings. The Morgan fingerprint density at radius 2 is 2.00 bits per heavy atom. The molecule has 0 unspecified atom stereocenters. The van der Waals surface area contributed by atoms with Crippen molar-refractivity contribution in [2.45, 2.75) is 19.6 Å². The van der Waals surface area contributed by atoms with E-state index in [9.17, 15) is 0 Å². The molecule has 1 heterocycles. The zero-order valence-corrected chi connectivity index (χ0v) is 13.4. The molecule has 0 fully saturated rings. The Hall–Kier alpha value is -0.200. The van der Waals surface area contributed by atoms with Crippen LogP contribution in [0.3, 0.4) is 0 Å². The third-order valence-corrected chi connectivity index (χ3v) is 7.64. The van der Waals surface area contributed by atoms with Crippen molar-refractivity contribution in [2.24, 2.45) is 0 Å². The van der Waals surface area contributed by atoms with E-state index in [-0.39, 0.29) is 0 Å². The molecule has 0 atom stereocenters. The molecule has 5 nitrogen and oxygen atoms in total. The molecule has 0 radical (unpaired) electrons. The minimum absolute atomic E-state index is 0.542. The Morgan fingerprint density at radius 1 is 1.33 bits per heavy atom. The maximum Gasteiger partial charge on any atom is 0.247 e. The maximum atomic E-state index is 5.37. The summed E-state index contributed by atoms with van der Waals surface area (Å²) >= 11 is 6.68. The largest absolute Gasteiger partial charge is 0.478 e. The molecule has 0 spiro atoms. The van der Waals surface area contributed by atoms with Crippen LogP contribution in [0, 0.1) is 6.92 Å². The number of hydrogen-bond donors (Lipinski definition) is 0. The van der Waals surface area contributed by atoms with Crippen LogP contribution in [-0.2, 0) is 26.6 Å². The summed E-state index contributed by atoms with van der Waals surface area (Å²) in [5.41, 5.74) is -1.40. The molecule has 0 aliphatic carbocycles. The second-order valence-corrected chi connectivity index (χ2v) is 9.81. The summed E-state index contributed by atoms with van der Waals surface area (Å²) in [5, 5.41) is 0. The lowest BCUT2D eigenvalue weighted by Gasteiger charge is -2.16. The number of nitrogens with zero attached hydrogens (tertiary/aromatic N) is 2. The van der Waals surface area contributed by atoms with Crippen LogP contribution < -0.4 is 4.74 Å². The number of rotatable bonds is 7. The van der Waals surface area contributed by atoms with Gasteiger partial charge in [-0.25, -0.2) is 4.98 Å². The Kier molecular flexibility index (Phi) is 6.52. The van der Waals surface area contributed by atoms with Crippen LogP contribution in [0.2, 0.25) is 0 Å². The standard InChI is InChI=1S/C10H17N2O3PS2/c1-5-15-10-6-8(2)11-9(12-10)7-18-16(17,13-3)14-4/h6H,5,7H2,1-4H3. The molecule has 0 aromatic carbocycles. The highest BCUT2D eigenvalue weighted by atomic mass is 32.9. The van der Waals surface area contributed by atoms with Crippen LogP contribution in [0.4, 0.5) is 0 Å². The zero-order chi connectivity index (χ0) is 13.6. The smallest absolute Gasteiger partial charge is 0.247 e. The molecule has 0 saturated heterocycles. The van der Waals surface area contributed by atoms with Crippen molar-refractivity contribution in [3.8, 4) is 5.88 Å². The van der Waals surface area contributed by atoms with E-state index in [1.807, 2.05) is 13.8 Å². The van der Waals surface area contributed by atoms with Crippen molar-refractivity contribution in [2.75, 3.05) is 20.8 Å². The normalized spacial score (nSPS) is 11.6. The van der Waals surface area contributed by atoms with Crippen LogP contribution in [-0.4, -0.2) is 30.8 Å². The third-order valence-electron chi connectivity index (χ3n) is 1.97. The molecular formula is C10H17N2O3PS2. The van der Waals surface area contributed by atoms with Crippen molar-refractivity contribution < 1.29 is 13.8 Å². The molecule has 0 amide bonds. The van der Waals surface area contributed by atoms with Crippen molar-refractivity contribution >= 4 is 28.9 Å². The SMILES string of the molecule is CCOc1cc(C)nc(CSP(=S)(OC)OC)n1. The van der Waals surface area contributed by atoms with Gasteiger partial charge in [0.15, 0.2) is 0 Å². The first kappa shape index (κ1) is 15.9. The van der Waals surface area contributed by atoms with Gasteiger partial charge in [-0.1, -0.05) is 11.4 Å². The van der Waals surface area contributed by atoms with E-state index in [0.717, 1.165) is 5.69 Å². The molecule has 1 aromatic heterocycles. The van der Waals surface area contributed by atoms with Crippen LogP contribution in [0.15, 0.2) is 6.07 Å². The van der Waals surface area contributed by atoms with Crippen LogP contribution in [0.1, 0.15) is 18.4 Å². The Morgan fingerprint density at radius 3 is 2.56 bits per heavy atom. The first-order valence-electron chi connectivity index (χ1n) is 5.36.